The van der Waals surface area contributed by atoms with E-state index in [0.29, 0.717) is 11.3 Å². The molecule has 2 aromatic carbocycles. The number of carbonyl (C=O) groups is 2. The first-order chi connectivity index (χ1) is 16.2. The molecule has 9 heteroatoms. The zero-order valence-electron chi connectivity index (χ0n) is 19.5. The number of esters is 1. The van der Waals surface area contributed by atoms with Crippen LogP contribution >= 0.6 is 0 Å². The molecular formula is C25H30F3N3O3. The summed E-state index contributed by atoms with van der Waals surface area (Å²) in [5.74, 6) is -0.832. The molecule has 0 spiro atoms. The summed E-state index contributed by atoms with van der Waals surface area (Å²) in [7, 11) is 0. The third-order valence-corrected chi connectivity index (χ3v) is 5.67. The zero-order valence-corrected chi connectivity index (χ0v) is 19.5. The van der Waals surface area contributed by atoms with Gasteiger partial charge < -0.3 is 15.0 Å². The maximum Gasteiger partial charge on any atom is 0.416 e. The van der Waals surface area contributed by atoms with Gasteiger partial charge in [0.2, 0.25) is 5.91 Å². The largest absolute Gasteiger partial charge is 0.465 e. The number of nitrogens with one attached hydrogen (secondary N) is 1. The molecule has 0 saturated carbocycles. The molecule has 1 amide bonds. The first-order valence-corrected chi connectivity index (χ1v) is 11.3. The van der Waals surface area contributed by atoms with Gasteiger partial charge in [-0.05, 0) is 68.1 Å². The quantitative estimate of drug-likeness (QED) is 0.534. The van der Waals surface area contributed by atoms with Crippen LogP contribution in [0.25, 0.3) is 0 Å². The minimum Gasteiger partial charge on any atom is -0.465 e. The van der Waals surface area contributed by atoms with Crippen molar-refractivity contribution in [1.29, 1.82) is 0 Å². The van der Waals surface area contributed by atoms with Gasteiger partial charge in [0.1, 0.15) is 0 Å². The summed E-state index contributed by atoms with van der Waals surface area (Å²) >= 11 is 0. The summed E-state index contributed by atoms with van der Waals surface area (Å²) in [6.07, 6.45) is -2.08. The van der Waals surface area contributed by atoms with Gasteiger partial charge in [-0.3, -0.25) is 14.5 Å². The molecule has 2 aromatic rings. The Labute approximate surface area is 197 Å². The number of hydrogen-bond acceptors (Lipinski definition) is 5. The van der Waals surface area contributed by atoms with E-state index in [1.54, 1.807) is 11.8 Å². The maximum atomic E-state index is 12.8. The molecule has 6 nitrogen and oxygen atoms in total. The van der Waals surface area contributed by atoms with Gasteiger partial charge in [-0.25, -0.2) is 0 Å². The van der Waals surface area contributed by atoms with Gasteiger partial charge >= 0.3 is 12.1 Å². The maximum absolute atomic E-state index is 12.8. The van der Waals surface area contributed by atoms with Crippen molar-refractivity contribution in [2.24, 2.45) is 0 Å². The molecule has 1 saturated heterocycles. The Morgan fingerprint density at radius 2 is 1.74 bits per heavy atom. The van der Waals surface area contributed by atoms with E-state index in [1.807, 2.05) is 25.1 Å². The van der Waals surface area contributed by atoms with Crippen molar-refractivity contribution in [2.45, 2.75) is 39.4 Å². The highest BCUT2D eigenvalue weighted by Crippen LogP contribution is 2.29. The Hall–Kier alpha value is -3.07. The molecule has 3 rings (SSSR count). The average Bonchev–Trinajstić information content (AvgIpc) is 3.30. The average molecular weight is 478 g/mol. The number of nitrogens with zero attached hydrogens (tertiary/aromatic N) is 2. The number of anilines is 2. The van der Waals surface area contributed by atoms with Gasteiger partial charge in [-0.1, -0.05) is 12.1 Å². The van der Waals surface area contributed by atoms with Crippen molar-refractivity contribution in [3.8, 4) is 0 Å². The highest BCUT2D eigenvalue weighted by atomic mass is 19.4. The summed E-state index contributed by atoms with van der Waals surface area (Å²) in [5, 5.41) is 2.88. The van der Waals surface area contributed by atoms with E-state index in [4.69, 9.17) is 4.74 Å². The number of halogens is 3. The molecule has 1 aliphatic heterocycles. The third kappa shape index (κ3) is 7.21. The number of ether oxygens (including phenoxy) is 1. The first-order valence-electron chi connectivity index (χ1n) is 11.3. The number of hydrogen-bond donors (Lipinski definition) is 1. The molecule has 0 unspecified atom stereocenters. The second-order valence-electron chi connectivity index (χ2n) is 8.39. The van der Waals surface area contributed by atoms with Crippen molar-refractivity contribution < 1.29 is 27.5 Å². The van der Waals surface area contributed by atoms with E-state index in [-0.39, 0.29) is 32.1 Å². The predicted octanol–water partition coefficient (Wildman–Crippen LogP) is 4.62. The van der Waals surface area contributed by atoms with Gasteiger partial charge in [0.15, 0.2) is 0 Å². The number of aryl methyl sites for hydroxylation is 1. The summed E-state index contributed by atoms with van der Waals surface area (Å²) in [5.41, 5.74) is 2.53. The summed E-state index contributed by atoms with van der Waals surface area (Å²) in [6, 6.07) is 10.6. The minimum absolute atomic E-state index is 0.118. The molecule has 34 heavy (non-hydrogen) atoms. The van der Waals surface area contributed by atoms with Crippen LogP contribution in [0.15, 0.2) is 42.5 Å². The van der Waals surface area contributed by atoms with Crippen LogP contribution < -0.4 is 10.2 Å². The van der Waals surface area contributed by atoms with Gasteiger partial charge in [0.05, 0.1) is 25.3 Å². The highest BCUT2D eigenvalue weighted by Gasteiger charge is 2.30. The van der Waals surface area contributed by atoms with Crippen LogP contribution in [0.4, 0.5) is 24.5 Å². The van der Waals surface area contributed by atoms with E-state index in [1.165, 1.54) is 25.0 Å². The molecule has 184 valence electrons. The van der Waals surface area contributed by atoms with E-state index in [2.05, 4.69) is 10.2 Å². The molecule has 0 aliphatic carbocycles. The Kier molecular flexibility index (Phi) is 8.55. The van der Waals surface area contributed by atoms with Crippen molar-refractivity contribution in [3.05, 3.63) is 59.2 Å². The normalized spacial score (nSPS) is 13.9. The number of amides is 1. The van der Waals surface area contributed by atoms with E-state index in [0.717, 1.165) is 36.5 Å². The van der Waals surface area contributed by atoms with Gasteiger partial charge in [0, 0.05) is 31.0 Å². The first kappa shape index (κ1) is 25.6. The van der Waals surface area contributed by atoms with E-state index in [9.17, 15) is 22.8 Å². The van der Waals surface area contributed by atoms with Gasteiger partial charge in [-0.15, -0.1) is 0 Å². The molecular weight excluding hydrogens is 447 g/mol. The van der Waals surface area contributed by atoms with Crippen LogP contribution in [-0.4, -0.2) is 49.6 Å². The molecule has 0 atom stereocenters. The highest BCUT2D eigenvalue weighted by molar-refractivity contribution is 5.93. The van der Waals surface area contributed by atoms with E-state index < -0.39 is 17.7 Å². The molecule has 0 radical (unpaired) electrons. The fraction of sp³-hybridized carbons (Fsp3) is 0.440. The molecule has 0 aromatic heterocycles. The van der Waals surface area contributed by atoms with Gasteiger partial charge in [0.25, 0.3) is 0 Å². The fourth-order valence-corrected chi connectivity index (χ4v) is 3.97. The number of carbonyl (C=O) groups excluding carboxylic acids is 2. The SMILES string of the molecule is CCOC(=O)CN(CC(=O)Nc1ccc(N2CCCC2)cc1C)Cc1ccc(C(F)(F)F)cc1. The third-order valence-electron chi connectivity index (χ3n) is 5.67. The lowest BCUT2D eigenvalue weighted by atomic mass is 10.1. The van der Waals surface area contributed by atoms with E-state index >= 15 is 0 Å². The second kappa shape index (κ2) is 11.4. The Bertz CT molecular complexity index is 987. The summed E-state index contributed by atoms with van der Waals surface area (Å²) in [6.45, 7) is 5.70. The molecule has 1 heterocycles. The minimum atomic E-state index is -4.43. The Morgan fingerprint density at radius 1 is 1.06 bits per heavy atom. The molecule has 1 aliphatic rings. The van der Waals surface area contributed by atoms with Gasteiger partial charge in [-0.2, -0.15) is 13.2 Å². The molecule has 1 N–H and O–H groups in total. The molecule has 1 fully saturated rings. The lowest BCUT2D eigenvalue weighted by Crippen LogP contribution is -2.37. The smallest absolute Gasteiger partial charge is 0.416 e. The number of benzene rings is 2. The van der Waals surface area contributed by atoms with Crippen LogP contribution in [-0.2, 0) is 27.0 Å². The predicted molar refractivity (Wildman–Crippen MR) is 125 cm³/mol. The molecule has 0 bridgehead atoms. The second-order valence-corrected chi connectivity index (χ2v) is 8.39. The summed E-state index contributed by atoms with van der Waals surface area (Å²) < 4.78 is 43.5. The topological polar surface area (TPSA) is 61.9 Å². The monoisotopic (exact) mass is 477 g/mol. The van der Waals surface area contributed by atoms with Crippen molar-refractivity contribution in [1.82, 2.24) is 4.90 Å². The van der Waals surface area contributed by atoms with Crippen molar-refractivity contribution in [3.63, 3.8) is 0 Å². The number of alkyl halides is 3. The lowest BCUT2D eigenvalue weighted by Gasteiger charge is -2.22. The lowest BCUT2D eigenvalue weighted by molar-refractivity contribution is -0.144. The van der Waals surface area contributed by atoms with Crippen LogP contribution in [0.3, 0.4) is 0 Å². The Balaban J connectivity index is 1.66. The van der Waals surface area contributed by atoms with Crippen LogP contribution in [0.1, 0.15) is 36.5 Å². The standard InChI is InChI=1S/C25H30F3N3O3/c1-3-34-24(33)17-30(15-19-6-8-20(9-7-19)25(26,27)28)16-23(32)29-22-11-10-21(14-18(22)2)31-12-4-5-13-31/h6-11,14H,3-5,12-13,15-17H2,1-2H3,(H,29,32). The Morgan fingerprint density at radius 3 is 2.32 bits per heavy atom. The summed E-state index contributed by atoms with van der Waals surface area (Å²) in [4.78, 5) is 28.7. The van der Waals surface area contributed by atoms with Crippen molar-refractivity contribution in [2.75, 3.05) is 43.0 Å². The van der Waals surface area contributed by atoms with Crippen LogP contribution in [0, 0.1) is 6.92 Å². The van der Waals surface area contributed by atoms with Crippen LogP contribution in [0.5, 0.6) is 0 Å². The van der Waals surface area contributed by atoms with Crippen molar-refractivity contribution >= 4 is 23.3 Å². The fourth-order valence-electron chi connectivity index (χ4n) is 3.97. The zero-order chi connectivity index (χ0) is 24.7. The van der Waals surface area contributed by atoms with Crippen LogP contribution in [0.2, 0.25) is 0 Å². The number of rotatable bonds is 9.